The highest BCUT2D eigenvalue weighted by atomic mass is 79.9. The molecule has 0 spiro atoms. The van der Waals surface area contributed by atoms with Crippen LogP contribution in [0.5, 0.6) is 5.75 Å². The van der Waals surface area contributed by atoms with Crippen molar-refractivity contribution in [1.82, 2.24) is 4.98 Å². The number of hydrogen-bond donors (Lipinski definition) is 0. The molecule has 1 aromatic rings. The summed E-state index contributed by atoms with van der Waals surface area (Å²) in [6.45, 7) is 0. The first-order valence-corrected chi connectivity index (χ1v) is 3.86. The van der Waals surface area contributed by atoms with Gasteiger partial charge in [0.2, 0.25) is 5.95 Å². The maximum Gasteiger partial charge on any atom is 0.573 e. The Labute approximate surface area is 82.8 Å². The molecule has 14 heavy (non-hydrogen) atoms. The smallest absolute Gasteiger partial charge is 0.402 e. The number of rotatable bonds is 1. The van der Waals surface area contributed by atoms with E-state index in [0.29, 0.717) is 0 Å². The minimum Gasteiger partial charge on any atom is -0.402 e. The third-order valence-corrected chi connectivity index (χ3v) is 1.60. The Kier molecular flexibility index (Phi) is 2.93. The van der Waals surface area contributed by atoms with E-state index in [0.717, 1.165) is 0 Å². The quantitative estimate of drug-likeness (QED) is 0.582. The van der Waals surface area contributed by atoms with Crippen LogP contribution in [-0.4, -0.2) is 11.3 Å². The van der Waals surface area contributed by atoms with Crippen LogP contribution in [0.3, 0.4) is 0 Å². The van der Waals surface area contributed by atoms with E-state index in [2.05, 4.69) is 25.7 Å². The topological polar surface area (TPSA) is 22.1 Å². The van der Waals surface area contributed by atoms with Gasteiger partial charge in [0.1, 0.15) is 4.60 Å². The van der Waals surface area contributed by atoms with E-state index >= 15 is 0 Å². The highest BCUT2D eigenvalue weighted by Gasteiger charge is 2.33. The molecule has 0 radical (unpaired) electrons. The largest absolute Gasteiger partial charge is 0.573 e. The van der Waals surface area contributed by atoms with Crippen LogP contribution in [-0.2, 0) is 0 Å². The van der Waals surface area contributed by atoms with Crippen LogP contribution in [0.15, 0.2) is 10.7 Å². The molecule has 1 aromatic heterocycles. The predicted molar refractivity (Wildman–Crippen MR) is 38.5 cm³/mol. The van der Waals surface area contributed by atoms with Crippen LogP contribution in [0.1, 0.15) is 0 Å². The van der Waals surface area contributed by atoms with Crippen molar-refractivity contribution in [3.8, 4) is 5.75 Å². The van der Waals surface area contributed by atoms with Crippen LogP contribution in [0, 0.1) is 11.8 Å². The van der Waals surface area contributed by atoms with Crippen molar-refractivity contribution < 1.29 is 26.7 Å². The summed E-state index contributed by atoms with van der Waals surface area (Å²) in [5.74, 6) is -3.96. The lowest BCUT2D eigenvalue weighted by atomic mass is 10.4. The molecule has 78 valence electrons. The van der Waals surface area contributed by atoms with Gasteiger partial charge in [0.05, 0.1) is 0 Å². The van der Waals surface area contributed by atoms with Gasteiger partial charge in [-0.25, -0.2) is 4.98 Å². The average Bonchev–Trinajstić information content (AvgIpc) is 1.96. The zero-order valence-corrected chi connectivity index (χ0v) is 7.79. The van der Waals surface area contributed by atoms with Crippen LogP contribution in [0.4, 0.5) is 22.0 Å². The second-order valence-electron chi connectivity index (χ2n) is 2.10. The molecule has 2 nitrogen and oxygen atoms in total. The van der Waals surface area contributed by atoms with Crippen molar-refractivity contribution in [2.75, 3.05) is 0 Å². The molecule has 0 aromatic carbocycles. The minimum absolute atomic E-state index is 0.202. The van der Waals surface area contributed by atoms with Crippen molar-refractivity contribution in [3.05, 3.63) is 22.4 Å². The summed E-state index contributed by atoms with van der Waals surface area (Å²) in [5, 5.41) is 0. The van der Waals surface area contributed by atoms with Crippen LogP contribution in [0.2, 0.25) is 0 Å². The monoisotopic (exact) mass is 277 g/mol. The van der Waals surface area contributed by atoms with Gasteiger partial charge in [-0.2, -0.15) is 8.78 Å². The van der Waals surface area contributed by atoms with Crippen molar-refractivity contribution in [2.45, 2.75) is 6.36 Å². The standard InChI is InChI=1S/C6HBrF5NO/c7-5-4(9)2(1-3(8)13-5)14-6(10,11)12/h1H. The summed E-state index contributed by atoms with van der Waals surface area (Å²) >= 11 is 2.43. The van der Waals surface area contributed by atoms with Gasteiger partial charge < -0.3 is 4.74 Å². The Bertz CT molecular complexity index is 353. The maximum absolute atomic E-state index is 12.8. The molecule has 0 bridgehead atoms. The fraction of sp³-hybridized carbons (Fsp3) is 0.167. The summed E-state index contributed by atoms with van der Waals surface area (Å²) in [5.41, 5.74) is 0. The Morgan fingerprint density at radius 3 is 2.36 bits per heavy atom. The maximum atomic E-state index is 12.8. The van der Waals surface area contributed by atoms with E-state index in [4.69, 9.17) is 0 Å². The number of pyridine rings is 1. The lowest BCUT2D eigenvalue weighted by molar-refractivity contribution is -0.275. The van der Waals surface area contributed by atoms with Gasteiger partial charge in [0, 0.05) is 6.07 Å². The molecule has 0 aliphatic heterocycles. The van der Waals surface area contributed by atoms with E-state index in [-0.39, 0.29) is 6.07 Å². The minimum atomic E-state index is -5.08. The zero-order valence-electron chi connectivity index (χ0n) is 6.20. The fourth-order valence-electron chi connectivity index (χ4n) is 0.647. The van der Waals surface area contributed by atoms with E-state index in [1.54, 1.807) is 0 Å². The van der Waals surface area contributed by atoms with E-state index in [1.807, 2.05) is 0 Å². The van der Waals surface area contributed by atoms with Gasteiger partial charge in [-0.1, -0.05) is 0 Å². The summed E-state index contributed by atoms with van der Waals surface area (Å²) in [4.78, 5) is 2.89. The van der Waals surface area contributed by atoms with Crippen molar-refractivity contribution in [1.29, 1.82) is 0 Å². The lowest BCUT2D eigenvalue weighted by Gasteiger charge is -2.09. The molecule has 1 heterocycles. The average molecular weight is 278 g/mol. The molecule has 0 aliphatic carbocycles. The Balaban J connectivity index is 3.09. The SMILES string of the molecule is Fc1cc(OC(F)(F)F)c(F)c(Br)n1. The summed E-state index contributed by atoms with van der Waals surface area (Å²) in [6, 6.07) is 0.202. The normalized spacial score (nSPS) is 11.6. The number of halogens is 6. The van der Waals surface area contributed by atoms with Crippen molar-refractivity contribution >= 4 is 15.9 Å². The Morgan fingerprint density at radius 1 is 1.29 bits per heavy atom. The van der Waals surface area contributed by atoms with Gasteiger partial charge in [-0.15, -0.1) is 13.2 Å². The van der Waals surface area contributed by atoms with Gasteiger partial charge in [0.15, 0.2) is 11.6 Å². The fourth-order valence-corrected chi connectivity index (χ4v) is 1.01. The Morgan fingerprint density at radius 2 is 1.86 bits per heavy atom. The molecule has 0 saturated carbocycles. The zero-order chi connectivity index (χ0) is 10.9. The van der Waals surface area contributed by atoms with Crippen molar-refractivity contribution in [2.24, 2.45) is 0 Å². The van der Waals surface area contributed by atoms with Gasteiger partial charge in [-0.3, -0.25) is 0 Å². The first kappa shape index (κ1) is 11.2. The number of alkyl halides is 3. The molecule has 0 amide bonds. The molecule has 0 fully saturated rings. The molecular weight excluding hydrogens is 277 g/mol. The highest BCUT2D eigenvalue weighted by Crippen LogP contribution is 2.29. The van der Waals surface area contributed by atoms with Gasteiger partial charge in [0.25, 0.3) is 0 Å². The first-order valence-electron chi connectivity index (χ1n) is 3.07. The molecule has 1 rings (SSSR count). The van der Waals surface area contributed by atoms with E-state index < -0.39 is 28.5 Å². The molecular formula is C6HBrF5NO. The molecule has 8 heteroatoms. The van der Waals surface area contributed by atoms with Crippen LogP contribution >= 0.6 is 15.9 Å². The summed E-state index contributed by atoms with van der Waals surface area (Å²) in [7, 11) is 0. The molecule has 0 aliphatic rings. The second kappa shape index (κ2) is 3.68. The first-order chi connectivity index (χ1) is 6.29. The number of nitrogens with zero attached hydrogens (tertiary/aromatic N) is 1. The van der Waals surface area contributed by atoms with Crippen LogP contribution in [0.25, 0.3) is 0 Å². The predicted octanol–water partition coefficient (Wildman–Crippen LogP) is 3.02. The van der Waals surface area contributed by atoms with Gasteiger partial charge in [-0.05, 0) is 15.9 Å². The summed E-state index contributed by atoms with van der Waals surface area (Å²) in [6.07, 6.45) is -5.08. The summed E-state index contributed by atoms with van der Waals surface area (Å²) < 4.78 is 62.7. The van der Waals surface area contributed by atoms with E-state index in [9.17, 15) is 22.0 Å². The van der Waals surface area contributed by atoms with Gasteiger partial charge >= 0.3 is 6.36 Å². The highest BCUT2D eigenvalue weighted by molar-refractivity contribution is 9.10. The number of aromatic nitrogens is 1. The van der Waals surface area contributed by atoms with Crippen molar-refractivity contribution in [3.63, 3.8) is 0 Å². The molecule has 0 atom stereocenters. The Hall–Kier alpha value is -0.920. The van der Waals surface area contributed by atoms with Crippen LogP contribution < -0.4 is 4.74 Å². The third kappa shape index (κ3) is 2.79. The lowest BCUT2D eigenvalue weighted by Crippen LogP contribution is -2.18. The number of ether oxygens (including phenoxy) is 1. The third-order valence-electron chi connectivity index (χ3n) is 1.08. The van der Waals surface area contributed by atoms with E-state index in [1.165, 1.54) is 0 Å². The molecule has 0 saturated heterocycles. The molecule has 0 N–H and O–H groups in total. The molecule has 0 unspecified atom stereocenters. The second-order valence-corrected chi connectivity index (χ2v) is 2.85. The number of hydrogen-bond acceptors (Lipinski definition) is 2.